The summed E-state index contributed by atoms with van der Waals surface area (Å²) in [5.41, 5.74) is 0.909. The molecule has 0 bridgehead atoms. The fourth-order valence-electron chi connectivity index (χ4n) is 2.09. The Hall–Kier alpha value is -1.06. The number of fused-ring (bicyclic) bond motifs is 1. The molecule has 1 unspecified atom stereocenters. The molecule has 2 N–H and O–H groups in total. The Morgan fingerprint density at radius 3 is 2.65 bits per heavy atom. The summed E-state index contributed by atoms with van der Waals surface area (Å²) >= 11 is 1.57. The SMILES string of the molecule is CCCC(OS(=O)(=O)O)[n+]1c(C)sc2ccccc21.[OH-]. The maximum absolute atomic E-state index is 11.0. The number of nitrogens with zero attached hydrogens (tertiary/aromatic N) is 1. The molecule has 0 spiro atoms. The lowest BCUT2D eigenvalue weighted by Gasteiger charge is -2.10. The van der Waals surface area contributed by atoms with E-state index in [1.165, 1.54) is 0 Å². The molecule has 20 heavy (non-hydrogen) atoms. The summed E-state index contributed by atoms with van der Waals surface area (Å²) in [6, 6.07) is 7.71. The van der Waals surface area contributed by atoms with Gasteiger partial charge in [-0.3, -0.25) is 4.55 Å². The maximum Gasteiger partial charge on any atom is 0.402 e. The molecule has 1 aromatic heterocycles. The minimum Gasteiger partial charge on any atom is -0.870 e. The molecule has 8 heteroatoms. The first-order valence-electron chi connectivity index (χ1n) is 5.97. The van der Waals surface area contributed by atoms with Gasteiger partial charge in [0.25, 0.3) is 6.23 Å². The molecule has 0 saturated heterocycles. The van der Waals surface area contributed by atoms with E-state index in [1.807, 2.05) is 42.7 Å². The second-order valence-electron chi connectivity index (χ2n) is 4.23. The number of hydrogen-bond acceptors (Lipinski definition) is 5. The van der Waals surface area contributed by atoms with Crippen LogP contribution < -0.4 is 4.57 Å². The van der Waals surface area contributed by atoms with Crippen molar-refractivity contribution in [2.45, 2.75) is 32.9 Å². The molecule has 0 aliphatic carbocycles. The van der Waals surface area contributed by atoms with Crippen molar-refractivity contribution < 1.29 is 27.2 Å². The molecule has 1 aromatic carbocycles. The minimum absolute atomic E-state index is 0. The van der Waals surface area contributed by atoms with Crippen LogP contribution in [-0.2, 0) is 14.6 Å². The highest BCUT2D eigenvalue weighted by Gasteiger charge is 2.30. The summed E-state index contributed by atoms with van der Waals surface area (Å²) in [5, 5.41) is 0.934. The molecule has 0 aliphatic rings. The number of aryl methyl sites for hydroxylation is 1. The first-order valence-corrected chi connectivity index (χ1v) is 8.16. The van der Waals surface area contributed by atoms with Crippen LogP contribution in [0, 0.1) is 6.92 Å². The number of benzene rings is 1. The number of para-hydroxylation sites is 1. The van der Waals surface area contributed by atoms with Gasteiger partial charge in [0.2, 0.25) is 10.5 Å². The topological polar surface area (TPSA) is 97.5 Å². The van der Waals surface area contributed by atoms with Gasteiger partial charge in [-0.25, -0.2) is 0 Å². The van der Waals surface area contributed by atoms with Crippen LogP contribution in [0.5, 0.6) is 0 Å². The summed E-state index contributed by atoms with van der Waals surface area (Å²) in [6.45, 7) is 3.84. The fraction of sp³-hybridized carbons (Fsp3) is 0.417. The van der Waals surface area contributed by atoms with Crippen molar-refractivity contribution in [1.29, 1.82) is 0 Å². The van der Waals surface area contributed by atoms with Crippen molar-refractivity contribution in [1.82, 2.24) is 0 Å². The van der Waals surface area contributed by atoms with E-state index in [0.717, 1.165) is 21.6 Å². The summed E-state index contributed by atoms with van der Waals surface area (Å²) < 4.78 is 38.6. The minimum atomic E-state index is -4.47. The Labute approximate surface area is 121 Å². The van der Waals surface area contributed by atoms with E-state index in [2.05, 4.69) is 0 Å². The van der Waals surface area contributed by atoms with Crippen molar-refractivity contribution in [3.05, 3.63) is 29.3 Å². The van der Waals surface area contributed by atoms with Crippen LogP contribution >= 0.6 is 11.3 Å². The fourth-order valence-corrected chi connectivity index (χ4v) is 3.60. The molecule has 0 amide bonds. The molecule has 1 heterocycles. The van der Waals surface area contributed by atoms with Gasteiger partial charge in [-0.1, -0.05) is 30.4 Å². The summed E-state index contributed by atoms with van der Waals surface area (Å²) in [5.74, 6) is 0. The highest BCUT2D eigenvalue weighted by Crippen LogP contribution is 2.24. The Kier molecular flexibility index (Phi) is 5.60. The van der Waals surface area contributed by atoms with Gasteiger partial charge in [0.05, 0.1) is 0 Å². The van der Waals surface area contributed by atoms with Crippen molar-refractivity contribution in [2.24, 2.45) is 0 Å². The quantitative estimate of drug-likeness (QED) is 0.674. The maximum atomic E-state index is 11.0. The third-order valence-electron chi connectivity index (χ3n) is 2.78. The molecule has 0 aliphatic heterocycles. The van der Waals surface area contributed by atoms with Crippen LogP contribution in [0.25, 0.3) is 10.2 Å². The largest absolute Gasteiger partial charge is 0.870 e. The number of thiazole rings is 1. The van der Waals surface area contributed by atoms with Crippen LogP contribution in [0.1, 0.15) is 31.0 Å². The van der Waals surface area contributed by atoms with Gasteiger partial charge in [0, 0.05) is 19.4 Å². The summed E-state index contributed by atoms with van der Waals surface area (Å²) in [4.78, 5) is 0. The van der Waals surface area contributed by atoms with Gasteiger partial charge in [-0.2, -0.15) is 17.2 Å². The van der Waals surface area contributed by atoms with E-state index >= 15 is 0 Å². The molecule has 2 aromatic rings. The second kappa shape index (κ2) is 6.59. The highest BCUT2D eigenvalue weighted by molar-refractivity contribution is 7.80. The highest BCUT2D eigenvalue weighted by atomic mass is 32.3. The van der Waals surface area contributed by atoms with E-state index < -0.39 is 16.6 Å². The van der Waals surface area contributed by atoms with E-state index in [1.54, 1.807) is 11.3 Å². The van der Waals surface area contributed by atoms with Crippen LogP contribution in [0.15, 0.2) is 24.3 Å². The smallest absolute Gasteiger partial charge is 0.402 e. The first kappa shape index (κ1) is 17.0. The second-order valence-corrected chi connectivity index (χ2v) is 6.51. The van der Waals surface area contributed by atoms with Gasteiger partial charge in [-0.15, -0.1) is 0 Å². The zero-order chi connectivity index (χ0) is 14.0. The number of hydrogen-bond donors (Lipinski definition) is 1. The molecule has 6 nitrogen and oxygen atoms in total. The van der Waals surface area contributed by atoms with E-state index in [4.69, 9.17) is 8.74 Å². The Morgan fingerprint density at radius 1 is 1.40 bits per heavy atom. The lowest BCUT2D eigenvalue weighted by molar-refractivity contribution is -0.733. The van der Waals surface area contributed by atoms with E-state index in [0.29, 0.717) is 6.42 Å². The molecule has 0 saturated carbocycles. The van der Waals surface area contributed by atoms with Gasteiger partial charge in [0.15, 0.2) is 0 Å². The van der Waals surface area contributed by atoms with Crippen molar-refractivity contribution in [3.8, 4) is 0 Å². The Balaban J connectivity index is 0.00000200. The van der Waals surface area contributed by atoms with E-state index in [-0.39, 0.29) is 5.48 Å². The van der Waals surface area contributed by atoms with Crippen LogP contribution in [0.3, 0.4) is 0 Å². The molecule has 0 fully saturated rings. The zero-order valence-electron chi connectivity index (χ0n) is 11.2. The predicted octanol–water partition coefficient (Wildman–Crippen LogP) is 2.44. The molecule has 112 valence electrons. The third-order valence-corrected chi connectivity index (χ3v) is 4.30. The molecule has 1 atom stereocenters. The van der Waals surface area contributed by atoms with Crippen molar-refractivity contribution in [2.75, 3.05) is 0 Å². The van der Waals surface area contributed by atoms with Crippen molar-refractivity contribution >= 4 is 32.0 Å². The number of aromatic nitrogens is 1. The van der Waals surface area contributed by atoms with Crippen molar-refractivity contribution in [3.63, 3.8) is 0 Å². The average molecular weight is 319 g/mol. The Bertz CT molecular complexity index is 680. The molecule has 0 radical (unpaired) electrons. The Morgan fingerprint density at radius 2 is 2.05 bits per heavy atom. The van der Waals surface area contributed by atoms with Crippen LogP contribution in [0.2, 0.25) is 0 Å². The summed E-state index contributed by atoms with van der Waals surface area (Å²) in [7, 11) is -4.47. The normalized spacial score (nSPS) is 13.2. The molecule has 2 rings (SSSR count). The average Bonchev–Trinajstić information content (AvgIpc) is 2.62. The lowest BCUT2D eigenvalue weighted by atomic mass is 10.3. The molecular weight excluding hydrogens is 302 g/mol. The van der Waals surface area contributed by atoms with Gasteiger partial charge in [-0.05, 0) is 12.5 Å². The summed E-state index contributed by atoms with van der Waals surface area (Å²) in [6.07, 6.45) is 0.541. The van der Waals surface area contributed by atoms with Crippen LogP contribution in [0.4, 0.5) is 0 Å². The lowest BCUT2D eigenvalue weighted by Crippen LogP contribution is -2.43. The van der Waals surface area contributed by atoms with Gasteiger partial charge < -0.3 is 5.48 Å². The number of rotatable bonds is 5. The third kappa shape index (κ3) is 3.74. The van der Waals surface area contributed by atoms with E-state index in [9.17, 15) is 8.42 Å². The molecular formula is C12H17NO5S2. The monoisotopic (exact) mass is 319 g/mol. The van der Waals surface area contributed by atoms with Crippen LogP contribution in [-0.4, -0.2) is 18.4 Å². The first-order chi connectivity index (χ1) is 8.92. The zero-order valence-corrected chi connectivity index (χ0v) is 12.8. The predicted molar refractivity (Wildman–Crippen MR) is 75.3 cm³/mol. The standard InChI is InChI=1S/C12H15NO4S2.H2O/c1-3-6-12(17-19(14,15)16)13-9(2)18-11-8-5-4-7-10(11)13;/h4-5,7-8,12H,3,6H2,1-2H3;1H2. The van der Waals surface area contributed by atoms with Gasteiger partial charge in [0.1, 0.15) is 4.70 Å². The van der Waals surface area contributed by atoms with Gasteiger partial charge >= 0.3 is 10.4 Å².